The average Bonchev–Trinajstić information content (AvgIpc) is 3.16. The number of hydrogen-bond acceptors (Lipinski definition) is 4. The Morgan fingerprint density at radius 2 is 1.67 bits per heavy atom. The van der Waals surface area contributed by atoms with Crippen molar-refractivity contribution in [1.82, 2.24) is 13.7 Å². The van der Waals surface area contributed by atoms with Gasteiger partial charge in [-0.15, -0.1) is 0 Å². The number of aryl methyl sites for hydroxylation is 1. The third kappa shape index (κ3) is 2.90. The van der Waals surface area contributed by atoms with Crippen LogP contribution < -0.4 is 20.7 Å². The van der Waals surface area contributed by atoms with E-state index in [0.717, 1.165) is 4.57 Å². The lowest BCUT2D eigenvalue weighted by molar-refractivity contribution is 0.393. The Labute approximate surface area is 177 Å². The number of rotatable bonds is 4. The van der Waals surface area contributed by atoms with Crippen LogP contribution in [0.1, 0.15) is 0 Å². The fourth-order valence-corrected chi connectivity index (χ4v) is 3.86. The van der Waals surface area contributed by atoms with Gasteiger partial charge in [-0.05, 0) is 18.2 Å². The number of halogens is 1. The van der Waals surface area contributed by atoms with Crippen molar-refractivity contribution in [2.75, 3.05) is 14.2 Å². The molecule has 0 spiro atoms. The molecule has 0 unspecified atom stereocenters. The summed E-state index contributed by atoms with van der Waals surface area (Å²) in [5.74, 6) is 1.18. The highest BCUT2D eigenvalue weighted by Gasteiger charge is 2.23. The molecule has 0 aliphatic carbocycles. The van der Waals surface area contributed by atoms with Crippen LogP contribution >= 0.6 is 11.6 Å². The van der Waals surface area contributed by atoms with Crippen molar-refractivity contribution < 1.29 is 9.47 Å². The summed E-state index contributed by atoms with van der Waals surface area (Å²) >= 11 is 6.52. The molecule has 4 rings (SSSR count). The van der Waals surface area contributed by atoms with E-state index in [0.29, 0.717) is 44.4 Å². The lowest BCUT2D eigenvalue weighted by atomic mass is 10.1. The molecule has 8 heteroatoms. The van der Waals surface area contributed by atoms with E-state index in [1.807, 2.05) is 28.8 Å². The van der Waals surface area contributed by atoms with Gasteiger partial charge in [-0.3, -0.25) is 13.9 Å². The number of hydrogen-bond donors (Lipinski definition) is 0. The number of ether oxygens (including phenoxy) is 2. The quantitative estimate of drug-likeness (QED) is 0.503. The molecule has 0 aliphatic rings. The molecule has 2 aromatic heterocycles. The first-order chi connectivity index (χ1) is 14.4. The van der Waals surface area contributed by atoms with Gasteiger partial charge >= 0.3 is 5.69 Å². The molecule has 0 bridgehead atoms. The SMILES string of the molecule is COc1ccc(-n2cc3c(c2-c2ccccc2Cl)c(=O)n(C)c(=O)n3C)c(OC)c1. The van der Waals surface area contributed by atoms with Gasteiger partial charge in [0, 0.05) is 36.9 Å². The summed E-state index contributed by atoms with van der Waals surface area (Å²) in [6.45, 7) is 0. The highest BCUT2D eigenvalue weighted by molar-refractivity contribution is 6.33. The first-order valence-electron chi connectivity index (χ1n) is 9.17. The van der Waals surface area contributed by atoms with Crippen LogP contribution in [-0.4, -0.2) is 27.9 Å². The van der Waals surface area contributed by atoms with E-state index < -0.39 is 11.2 Å². The smallest absolute Gasteiger partial charge is 0.330 e. The zero-order valence-electron chi connectivity index (χ0n) is 17.0. The minimum atomic E-state index is -0.406. The van der Waals surface area contributed by atoms with Gasteiger partial charge in [0.25, 0.3) is 5.56 Å². The molecule has 0 saturated carbocycles. The van der Waals surface area contributed by atoms with E-state index in [1.54, 1.807) is 45.7 Å². The Bertz CT molecular complexity index is 1400. The first-order valence-corrected chi connectivity index (χ1v) is 9.55. The van der Waals surface area contributed by atoms with Gasteiger partial charge in [0.1, 0.15) is 11.5 Å². The standard InChI is InChI=1S/C22H20ClN3O4/c1-24-17-12-26(16-10-9-13(29-3)11-18(16)30-4)20(14-7-5-6-8-15(14)23)19(17)21(27)25(2)22(24)28/h5-12H,1-4H3. The summed E-state index contributed by atoms with van der Waals surface area (Å²) in [5, 5.41) is 0.882. The van der Waals surface area contributed by atoms with Crippen molar-refractivity contribution in [3.8, 4) is 28.4 Å². The topological polar surface area (TPSA) is 67.4 Å². The molecule has 0 saturated heterocycles. The Morgan fingerprint density at radius 3 is 2.33 bits per heavy atom. The molecular weight excluding hydrogens is 406 g/mol. The third-order valence-electron chi connectivity index (χ3n) is 5.21. The van der Waals surface area contributed by atoms with Gasteiger partial charge in [-0.1, -0.05) is 29.8 Å². The van der Waals surface area contributed by atoms with Crippen molar-refractivity contribution in [3.05, 3.63) is 74.5 Å². The number of methoxy groups -OCH3 is 2. The molecule has 0 N–H and O–H groups in total. The molecule has 30 heavy (non-hydrogen) atoms. The second kappa shape index (κ2) is 7.42. The van der Waals surface area contributed by atoms with Crippen LogP contribution in [0.2, 0.25) is 5.02 Å². The van der Waals surface area contributed by atoms with Gasteiger partial charge in [0.2, 0.25) is 0 Å². The van der Waals surface area contributed by atoms with E-state index in [2.05, 4.69) is 0 Å². The second-order valence-corrected chi connectivity index (χ2v) is 7.24. The number of fused-ring (bicyclic) bond motifs is 1. The lowest BCUT2D eigenvalue weighted by Crippen LogP contribution is -2.36. The van der Waals surface area contributed by atoms with Crippen molar-refractivity contribution in [1.29, 1.82) is 0 Å². The van der Waals surface area contributed by atoms with Crippen LogP contribution in [-0.2, 0) is 14.1 Å². The van der Waals surface area contributed by atoms with Gasteiger partial charge < -0.3 is 14.0 Å². The zero-order valence-corrected chi connectivity index (χ0v) is 17.7. The van der Waals surface area contributed by atoms with Crippen LogP contribution in [0.5, 0.6) is 11.5 Å². The Morgan fingerprint density at radius 1 is 0.933 bits per heavy atom. The van der Waals surface area contributed by atoms with E-state index in [4.69, 9.17) is 21.1 Å². The van der Waals surface area contributed by atoms with Gasteiger partial charge in [0.05, 0.1) is 36.5 Å². The van der Waals surface area contributed by atoms with Crippen molar-refractivity contribution >= 4 is 22.5 Å². The zero-order chi connectivity index (χ0) is 21.6. The maximum atomic E-state index is 13.1. The molecule has 0 amide bonds. The summed E-state index contributed by atoms with van der Waals surface area (Å²) < 4.78 is 15.3. The minimum absolute atomic E-state index is 0.394. The number of nitrogens with zero attached hydrogens (tertiary/aromatic N) is 3. The summed E-state index contributed by atoms with van der Waals surface area (Å²) in [6, 6.07) is 12.7. The molecule has 0 fully saturated rings. The van der Waals surface area contributed by atoms with Crippen LogP contribution in [0.4, 0.5) is 0 Å². The average molecular weight is 426 g/mol. The lowest BCUT2D eigenvalue weighted by Gasteiger charge is -2.15. The summed E-state index contributed by atoms with van der Waals surface area (Å²) in [5.41, 5.74) is 1.62. The summed E-state index contributed by atoms with van der Waals surface area (Å²) in [7, 11) is 6.24. The molecule has 2 heterocycles. The highest BCUT2D eigenvalue weighted by atomic mass is 35.5. The fourth-order valence-electron chi connectivity index (χ4n) is 3.63. The van der Waals surface area contributed by atoms with Gasteiger partial charge in [-0.2, -0.15) is 0 Å². The summed E-state index contributed by atoms with van der Waals surface area (Å²) in [4.78, 5) is 25.7. The van der Waals surface area contributed by atoms with Crippen molar-refractivity contribution in [2.45, 2.75) is 0 Å². The number of benzene rings is 2. The van der Waals surface area contributed by atoms with Crippen LogP contribution in [0.3, 0.4) is 0 Å². The Hall–Kier alpha value is -3.45. The van der Waals surface area contributed by atoms with Crippen molar-refractivity contribution in [2.24, 2.45) is 14.1 Å². The van der Waals surface area contributed by atoms with Crippen molar-refractivity contribution in [3.63, 3.8) is 0 Å². The van der Waals surface area contributed by atoms with Crippen LogP contribution in [0.25, 0.3) is 27.8 Å². The van der Waals surface area contributed by atoms with Gasteiger partial charge in [0.15, 0.2) is 0 Å². The van der Waals surface area contributed by atoms with Crippen LogP contribution in [0, 0.1) is 0 Å². The van der Waals surface area contributed by atoms with E-state index in [-0.39, 0.29) is 0 Å². The molecule has 7 nitrogen and oxygen atoms in total. The molecular formula is C22H20ClN3O4. The predicted molar refractivity (Wildman–Crippen MR) is 117 cm³/mol. The normalized spacial score (nSPS) is 11.1. The largest absolute Gasteiger partial charge is 0.497 e. The molecule has 4 aromatic rings. The minimum Gasteiger partial charge on any atom is -0.497 e. The monoisotopic (exact) mass is 425 g/mol. The van der Waals surface area contributed by atoms with E-state index in [1.165, 1.54) is 11.6 Å². The number of aromatic nitrogens is 3. The Kier molecular flexibility index (Phi) is 4.91. The maximum Gasteiger partial charge on any atom is 0.330 e. The molecule has 0 aliphatic heterocycles. The third-order valence-corrected chi connectivity index (χ3v) is 5.54. The predicted octanol–water partition coefficient (Wildman–Crippen LogP) is 3.37. The van der Waals surface area contributed by atoms with Gasteiger partial charge in [-0.25, -0.2) is 4.79 Å². The first kappa shape index (κ1) is 19.8. The molecule has 154 valence electrons. The van der Waals surface area contributed by atoms with Crippen LogP contribution in [0.15, 0.2) is 58.3 Å². The van der Waals surface area contributed by atoms with E-state index >= 15 is 0 Å². The molecule has 0 radical (unpaired) electrons. The maximum absolute atomic E-state index is 13.1. The van der Waals surface area contributed by atoms with E-state index in [9.17, 15) is 9.59 Å². The highest BCUT2D eigenvalue weighted by Crippen LogP contribution is 2.38. The second-order valence-electron chi connectivity index (χ2n) is 6.83. The Balaban J connectivity index is 2.22. The summed E-state index contributed by atoms with van der Waals surface area (Å²) in [6.07, 6.45) is 1.75. The molecule has 0 atom stereocenters. The molecule has 2 aromatic carbocycles. The fraction of sp³-hybridized carbons (Fsp3) is 0.182.